The Balaban J connectivity index is 2.88. The Morgan fingerprint density at radius 2 is 2.40 bits per heavy atom. The van der Waals surface area contributed by atoms with Gasteiger partial charge in [0.2, 0.25) is 0 Å². The van der Waals surface area contributed by atoms with Gasteiger partial charge in [0.25, 0.3) is 0 Å². The summed E-state index contributed by atoms with van der Waals surface area (Å²) in [5.41, 5.74) is 0. The van der Waals surface area contributed by atoms with Crippen molar-refractivity contribution in [2.24, 2.45) is 0 Å². The van der Waals surface area contributed by atoms with Crippen LogP contribution in [0.25, 0.3) is 10.2 Å². The van der Waals surface area contributed by atoms with Crippen LogP contribution in [0.4, 0.5) is 0 Å². The van der Waals surface area contributed by atoms with Gasteiger partial charge in [-0.25, -0.2) is 4.98 Å². The van der Waals surface area contributed by atoms with Crippen molar-refractivity contribution in [2.45, 2.75) is 6.92 Å². The van der Waals surface area contributed by atoms with Crippen molar-refractivity contribution in [2.75, 3.05) is 0 Å². The molecule has 0 spiro atoms. The van der Waals surface area contributed by atoms with Crippen LogP contribution in [0.5, 0.6) is 0 Å². The highest BCUT2D eigenvalue weighted by Crippen LogP contribution is 2.21. The first-order valence-electron chi connectivity index (χ1n) is 3.17. The summed E-state index contributed by atoms with van der Waals surface area (Å²) in [6.45, 7) is 2.10. The van der Waals surface area contributed by atoms with E-state index in [1.54, 1.807) is 11.3 Å². The summed E-state index contributed by atoms with van der Waals surface area (Å²) in [6.07, 6.45) is 1.83. The van der Waals surface area contributed by atoms with Crippen LogP contribution in [-0.2, 0) is 0 Å². The summed E-state index contributed by atoms with van der Waals surface area (Å²) in [4.78, 5) is 6.69. The number of rotatable bonds is 0. The normalized spacial score (nSPS) is 10.5. The van der Waals surface area contributed by atoms with E-state index in [-0.39, 0.29) is 0 Å². The number of fused-ring (bicyclic) bond motifs is 1. The van der Waals surface area contributed by atoms with Gasteiger partial charge in [0.05, 0.1) is 0 Å². The summed E-state index contributed by atoms with van der Waals surface area (Å²) in [7, 11) is 0. The summed E-state index contributed by atoms with van der Waals surface area (Å²) in [5, 5.41) is 1.25. The van der Waals surface area contributed by atoms with Gasteiger partial charge < -0.3 is 0 Å². The van der Waals surface area contributed by atoms with Crippen LogP contribution >= 0.6 is 11.3 Å². The fourth-order valence-corrected chi connectivity index (χ4v) is 1.85. The van der Waals surface area contributed by atoms with Gasteiger partial charge >= 0.3 is 0 Å². The number of hydrogen-bond donors (Lipinski definition) is 0. The molecule has 10 heavy (non-hydrogen) atoms. The van der Waals surface area contributed by atoms with Crippen molar-refractivity contribution in [1.29, 1.82) is 0 Å². The zero-order valence-electron chi connectivity index (χ0n) is 5.66. The highest BCUT2D eigenvalue weighted by atomic mass is 32.1. The van der Waals surface area contributed by atoms with Crippen LogP contribution in [0.15, 0.2) is 24.4 Å². The molecule has 2 heteroatoms. The molecule has 1 nitrogen and oxygen atoms in total. The van der Waals surface area contributed by atoms with Gasteiger partial charge in [-0.05, 0) is 19.1 Å². The van der Waals surface area contributed by atoms with E-state index in [1.807, 2.05) is 12.3 Å². The topological polar surface area (TPSA) is 12.9 Å². The molecule has 0 amide bonds. The third-order valence-electron chi connectivity index (χ3n) is 1.42. The van der Waals surface area contributed by atoms with Crippen molar-refractivity contribution in [1.82, 2.24) is 4.98 Å². The van der Waals surface area contributed by atoms with Gasteiger partial charge in [0.1, 0.15) is 4.83 Å². The number of aromatic nitrogens is 1. The average Bonchev–Trinajstić information content (AvgIpc) is 2.27. The Kier molecular flexibility index (Phi) is 1.21. The zero-order chi connectivity index (χ0) is 6.97. The second kappa shape index (κ2) is 2.06. The molecule has 0 N–H and O–H groups in total. The standard InChI is InChI=1S/C8H7NS/c1-6-5-7-3-2-4-9-8(7)10-6/h2-5H,1H3. The maximum absolute atomic E-state index is 4.22. The van der Waals surface area contributed by atoms with E-state index in [2.05, 4.69) is 24.0 Å². The summed E-state index contributed by atoms with van der Waals surface area (Å²) >= 11 is 1.74. The Hall–Kier alpha value is -0.890. The first-order valence-corrected chi connectivity index (χ1v) is 3.99. The van der Waals surface area contributed by atoms with Crippen LogP contribution < -0.4 is 0 Å². The Bertz CT molecular complexity index is 318. The monoisotopic (exact) mass is 149 g/mol. The van der Waals surface area contributed by atoms with E-state index < -0.39 is 0 Å². The molecule has 2 aromatic heterocycles. The maximum Gasteiger partial charge on any atom is 0.123 e. The molecule has 2 rings (SSSR count). The number of pyridine rings is 1. The summed E-state index contributed by atoms with van der Waals surface area (Å²) in [5.74, 6) is 0. The SMILES string of the molecule is Cc1cc2cccnc2s1. The third-order valence-corrected chi connectivity index (χ3v) is 2.39. The Labute approximate surface area is 63.3 Å². The van der Waals surface area contributed by atoms with Gasteiger partial charge in [-0.3, -0.25) is 0 Å². The van der Waals surface area contributed by atoms with E-state index in [1.165, 1.54) is 10.3 Å². The lowest BCUT2D eigenvalue weighted by atomic mass is 10.3. The fourth-order valence-electron chi connectivity index (χ4n) is 0.999. The third kappa shape index (κ3) is 0.809. The van der Waals surface area contributed by atoms with Gasteiger partial charge in [-0.1, -0.05) is 6.07 Å². The van der Waals surface area contributed by atoms with E-state index in [4.69, 9.17) is 0 Å². The predicted octanol–water partition coefficient (Wildman–Crippen LogP) is 2.60. The minimum atomic E-state index is 1.14. The van der Waals surface area contributed by atoms with E-state index in [0.717, 1.165) is 4.83 Å². The minimum Gasteiger partial charge on any atom is -0.245 e. The van der Waals surface area contributed by atoms with Crippen molar-refractivity contribution in [3.8, 4) is 0 Å². The predicted molar refractivity (Wildman–Crippen MR) is 44.4 cm³/mol. The van der Waals surface area contributed by atoms with Crippen molar-refractivity contribution in [3.63, 3.8) is 0 Å². The molecule has 0 saturated heterocycles. The van der Waals surface area contributed by atoms with Crippen LogP contribution in [0, 0.1) is 6.92 Å². The molecule has 0 unspecified atom stereocenters. The van der Waals surface area contributed by atoms with Crippen LogP contribution in [0.2, 0.25) is 0 Å². The molecule has 2 aromatic rings. The Morgan fingerprint density at radius 3 is 3.20 bits per heavy atom. The number of thiophene rings is 1. The van der Waals surface area contributed by atoms with Gasteiger partial charge in [0, 0.05) is 16.5 Å². The second-order valence-corrected chi connectivity index (χ2v) is 3.49. The van der Waals surface area contributed by atoms with Gasteiger partial charge in [-0.2, -0.15) is 0 Å². The number of hydrogen-bond acceptors (Lipinski definition) is 2. The lowest BCUT2D eigenvalue weighted by Crippen LogP contribution is -1.65. The maximum atomic E-state index is 4.22. The molecule has 0 bridgehead atoms. The van der Waals surface area contributed by atoms with Crippen LogP contribution in [0.1, 0.15) is 4.88 Å². The molecule has 0 aliphatic heterocycles. The average molecular weight is 149 g/mol. The smallest absolute Gasteiger partial charge is 0.123 e. The quantitative estimate of drug-likeness (QED) is 0.561. The summed E-state index contributed by atoms with van der Waals surface area (Å²) < 4.78 is 0. The molecule has 2 heterocycles. The molecule has 0 fully saturated rings. The van der Waals surface area contributed by atoms with E-state index in [9.17, 15) is 0 Å². The van der Waals surface area contributed by atoms with Crippen molar-refractivity contribution < 1.29 is 0 Å². The molecule has 50 valence electrons. The molecular weight excluding hydrogens is 142 g/mol. The molecule has 0 saturated carbocycles. The number of aryl methyl sites for hydroxylation is 1. The minimum absolute atomic E-state index is 1.14. The summed E-state index contributed by atoms with van der Waals surface area (Å²) in [6, 6.07) is 6.22. The molecular formula is C8H7NS. The van der Waals surface area contributed by atoms with Gasteiger partial charge in [0.15, 0.2) is 0 Å². The number of nitrogens with zero attached hydrogens (tertiary/aromatic N) is 1. The largest absolute Gasteiger partial charge is 0.245 e. The zero-order valence-corrected chi connectivity index (χ0v) is 6.48. The highest BCUT2D eigenvalue weighted by Gasteiger charge is 1.95. The molecule has 0 radical (unpaired) electrons. The molecule has 0 aromatic carbocycles. The Morgan fingerprint density at radius 1 is 1.50 bits per heavy atom. The highest BCUT2D eigenvalue weighted by molar-refractivity contribution is 7.18. The van der Waals surface area contributed by atoms with Crippen LogP contribution in [-0.4, -0.2) is 4.98 Å². The molecule has 0 aliphatic carbocycles. The van der Waals surface area contributed by atoms with Gasteiger partial charge in [-0.15, -0.1) is 11.3 Å². The van der Waals surface area contributed by atoms with E-state index in [0.29, 0.717) is 0 Å². The first kappa shape index (κ1) is 5.86. The lowest BCUT2D eigenvalue weighted by Gasteiger charge is -1.81. The fraction of sp³-hybridized carbons (Fsp3) is 0.125. The second-order valence-electron chi connectivity index (χ2n) is 2.25. The molecule has 0 atom stereocenters. The first-order chi connectivity index (χ1) is 4.86. The lowest BCUT2D eigenvalue weighted by molar-refractivity contribution is 1.45. The van der Waals surface area contributed by atoms with Crippen molar-refractivity contribution in [3.05, 3.63) is 29.3 Å². The molecule has 0 aliphatic rings. The van der Waals surface area contributed by atoms with E-state index >= 15 is 0 Å². The van der Waals surface area contributed by atoms with Crippen LogP contribution in [0.3, 0.4) is 0 Å². The van der Waals surface area contributed by atoms with Crippen molar-refractivity contribution >= 4 is 21.6 Å².